The van der Waals surface area contributed by atoms with E-state index in [2.05, 4.69) is 10.1 Å². The summed E-state index contributed by atoms with van der Waals surface area (Å²) in [5, 5.41) is 13.0. The van der Waals surface area contributed by atoms with Gasteiger partial charge in [-0.15, -0.1) is 0 Å². The van der Waals surface area contributed by atoms with Gasteiger partial charge in [-0.25, -0.2) is 9.67 Å². The van der Waals surface area contributed by atoms with Crippen LogP contribution in [0.15, 0.2) is 24.5 Å². The molecule has 1 N–H and O–H groups in total. The number of hydrogen-bond acceptors (Lipinski definition) is 5. The standard InChI is InChI=1S/C12H15N3O3/c1-17-10-5-9(6-11(7-10)18-2)12-13-8-14-15(12)3-4-16/h5-8,16H,3-4H2,1-2H3. The van der Waals surface area contributed by atoms with Crippen LogP contribution in [-0.2, 0) is 6.54 Å². The van der Waals surface area contributed by atoms with E-state index in [1.807, 2.05) is 12.1 Å². The van der Waals surface area contributed by atoms with Gasteiger partial charge in [-0.3, -0.25) is 0 Å². The molecule has 6 nitrogen and oxygen atoms in total. The summed E-state index contributed by atoms with van der Waals surface area (Å²) in [4.78, 5) is 4.19. The second-order valence-electron chi connectivity index (χ2n) is 3.63. The molecule has 0 bridgehead atoms. The second kappa shape index (κ2) is 5.50. The van der Waals surface area contributed by atoms with Gasteiger partial charge in [0.05, 0.1) is 27.4 Å². The lowest BCUT2D eigenvalue weighted by Crippen LogP contribution is -2.06. The SMILES string of the molecule is COc1cc(OC)cc(-c2ncnn2CCO)c1. The first kappa shape index (κ1) is 12.4. The van der Waals surface area contributed by atoms with E-state index in [0.717, 1.165) is 5.56 Å². The Hall–Kier alpha value is -2.08. The predicted octanol–water partition coefficient (Wildman–Crippen LogP) is 0.955. The normalized spacial score (nSPS) is 10.4. The topological polar surface area (TPSA) is 69.4 Å². The van der Waals surface area contributed by atoms with Crippen molar-refractivity contribution in [1.29, 1.82) is 0 Å². The molecule has 0 saturated carbocycles. The van der Waals surface area contributed by atoms with Crippen LogP contribution in [0.4, 0.5) is 0 Å². The number of hydrogen-bond donors (Lipinski definition) is 1. The van der Waals surface area contributed by atoms with Crippen molar-refractivity contribution >= 4 is 0 Å². The molecule has 0 fully saturated rings. The van der Waals surface area contributed by atoms with Crippen LogP contribution >= 0.6 is 0 Å². The quantitative estimate of drug-likeness (QED) is 0.854. The van der Waals surface area contributed by atoms with Gasteiger partial charge in [0, 0.05) is 11.6 Å². The smallest absolute Gasteiger partial charge is 0.158 e. The molecular weight excluding hydrogens is 234 g/mol. The van der Waals surface area contributed by atoms with Crippen LogP contribution < -0.4 is 9.47 Å². The van der Waals surface area contributed by atoms with Crippen molar-refractivity contribution in [2.24, 2.45) is 0 Å². The highest BCUT2D eigenvalue weighted by Gasteiger charge is 2.10. The number of ether oxygens (including phenoxy) is 2. The van der Waals surface area contributed by atoms with Crippen LogP contribution in [0, 0.1) is 0 Å². The third-order valence-corrected chi connectivity index (χ3v) is 2.54. The molecule has 18 heavy (non-hydrogen) atoms. The van der Waals surface area contributed by atoms with Gasteiger partial charge in [-0.2, -0.15) is 5.10 Å². The third kappa shape index (κ3) is 2.43. The molecule has 0 radical (unpaired) electrons. The molecule has 0 amide bonds. The van der Waals surface area contributed by atoms with Crippen molar-refractivity contribution in [3.8, 4) is 22.9 Å². The van der Waals surface area contributed by atoms with Crippen molar-refractivity contribution in [1.82, 2.24) is 14.8 Å². The summed E-state index contributed by atoms with van der Waals surface area (Å²) in [5.41, 5.74) is 0.831. The van der Waals surface area contributed by atoms with E-state index in [0.29, 0.717) is 23.9 Å². The molecule has 2 aromatic rings. The molecule has 1 heterocycles. The minimum atomic E-state index is 0.0114. The number of aliphatic hydroxyl groups is 1. The maximum atomic E-state index is 8.97. The van der Waals surface area contributed by atoms with E-state index < -0.39 is 0 Å². The average Bonchev–Trinajstić information content (AvgIpc) is 2.87. The number of nitrogens with zero attached hydrogens (tertiary/aromatic N) is 3. The Labute approximate surface area is 105 Å². The van der Waals surface area contributed by atoms with Crippen LogP contribution in [0.1, 0.15) is 0 Å². The molecule has 96 valence electrons. The van der Waals surface area contributed by atoms with Gasteiger partial charge in [0.15, 0.2) is 5.82 Å². The largest absolute Gasteiger partial charge is 0.497 e. The highest BCUT2D eigenvalue weighted by molar-refractivity contribution is 5.61. The summed E-state index contributed by atoms with van der Waals surface area (Å²) < 4.78 is 12.0. The highest BCUT2D eigenvalue weighted by atomic mass is 16.5. The molecule has 0 aliphatic rings. The Morgan fingerprint density at radius 3 is 2.39 bits per heavy atom. The molecule has 1 aromatic heterocycles. The van der Waals surface area contributed by atoms with E-state index in [-0.39, 0.29) is 6.61 Å². The third-order valence-electron chi connectivity index (χ3n) is 2.54. The van der Waals surface area contributed by atoms with Crippen molar-refractivity contribution in [3.05, 3.63) is 24.5 Å². The number of rotatable bonds is 5. The molecule has 0 aliphatic carbocycles. The first-order valence-corrected chi connectivity index (χ1v) is 5.50. The number of aromatic nitrogens is 3. The maximum absolute atomic E-state index is 8.97. The summed E-state index contributed by atoms with van der Waals surface area (Å²) in [7, 11) is 3.19. The van der Waals surface area contributed by atoms with Crippen molar-refractivity contribution in [2.75, 3.05) is 20.8 Å². The van der Waals surface area contributed by atoms with E-state index in [4.69, 9.17) is 14.6 Å². The van der Waals surface area contributed by atoms with Crippen LogP contribution in [-0.4, -0.2) is 40.7 Å². The molecule has 0 spiro atoms. The number of methoxy groups -OCH3 is 2. The van der Waals surface area contributed by atoms with Gasteiger partial charge in [0.2, 0.25) is 0 Å². The molecular formula is C12H15N3O3. The van der Waals surface area contributed by atoms with Crippen LogP contribution in [0.5, 0.6) is 11.5 Å². The lowest BCUT2D eigenvalue weighted by atomic mass is 10.2. The summed E-state index contributed by atoms with van der Waals surface area (Å²) in [6.07, 6.45) is 1.46. The monoisotopic (exact) mass is 249 g/mol. The zero-order valence-electron chi connectivity index (χ0n) is 10.3. The summed E-state index contributed by atoms with van der Waals surface area (Å²) in [6, 6.07) is 5.48. The van der Waals surface area contributed by atoms with Crippen LogP contribution in [0.2, 0.25) is 0 Å². The van der Waals surface area contributed by atoms with Crippen molar-refractivity contribution in [3.63, 3.8) is 0 Å². The molecule has 0 unspecified atom stereocenters. The van der Waals surface area contributed by atoms with E-state index >= 15 is 0 Å². The fourth-order valence-corrected chi connectivity index (χ4v) is 1.68. The molecule has 0 aliphatic heterocycles. The highest BCUT2D eigenvalue weighted by Crippen LogP contribution is 2.28. The van der Waals surface area contributed by atoms with Gasteiger partial charge in [0.1, 0.15) is 17.8 Å². The number of benzene rings is 1. The van der Waals surface area contributed by atoms with E-state index in [1.165, 1.54) is 6.33 Å². The lowest BCUT2D eigenvalue weighted by molar-refractivity contribution is 0.270. The number of aliphatic hydroxyl groups excluding tert-OH is 1. The van der Waals surface area contributed by atoms with Gasteiger partial charge < -0.3 is 14.6 Å². The Kier molecular flexibility index (Phi) is 3.78. The average molecular weight is 249 g/mol. The lowest BCUT2D eigenvalue weighted by Gasteiger charge is -2.09. The zero-order chi connectivity index (χ0) is 13.0. The Morgan fingerprint density at radius 1 is 1.17 bits per heavy atom. The summed E-state index contributed by atoms with van der Waals surface area (Å²) >= 11 is 0. The Morgan fingerprint density at radius 2 is 1.83 bits per heavy atom. The molecule has 1 aromatic carbocycles. The predicted molar refractivity (Wildman–Crippen MR) is 65.6 cm³/mol. The van der Waals surface area contributed by atoms with Crippen LogP contribution in [0.25, 0.3) is 11.4 Å². The van der Waals surface area contributed by atoms with Crippen molar-refractivity contribution < 1.29 is 14.6 Å². The van der Waals surface area contributed by atoms with E-state index in [9.17, 15) is 0 Å². The first-order valence-electron chi connectivity index (χ1n) is 5.50. The fraction of sp³-hybridized carbons (Fsp3) is 0.333. The van der Waals surface area contributed by atoms with E-state index in [1.54, 1.807) is 25.0 Å². The van der Waals surface area contributed by atoms with Crippen LogP contribution in [0.3, 0.4) is 0 Å². The summed E-state index contributed by atoms with van der Waals surface area (Å²) in [5.74, 6) is 2.03. The zero-order valence-corrected chi connectivity index (χ0v) is 10.3. The first-order chi connectivity index (χ1) is 8.78. The fourth-order valence-electron chi connectivity index (χ4n) is 1.68. The molecule has 0 atom stereocenters. The summed E-state index contributed by atoms with van der Waals surface area (Å²) in [6.45, 7) is 0.409. The minimum Gasteiger partial charge on any atom is -0.497 e. The molecule has 6 heteroatoms. The second-order valence-corrected chi connectivity index (χ2v) is 3.63. The maximum Gasteiger partial charge on any atom is 0.158 e. The Balaban J connectivity index is 2.45. The van der Waals surface area contributed by atoms with Gasteiger partial charge in [-0.05, 0) is 12.1 Å². The van der Waals surface area contributed by atoms with Gasteiger partial charge in [0.25, 0.3) is 0 Å². The van der Waals surface area contributed by atoms with Gasteiger partial charge in [-0.1, -0.05) is 0 Å². The minimum absolute atomic E-state index is 0.0114. The van der Waals surface area contributed by atoms with Crippen molar-refractivity contribution in [2.45, 2.75) is 6.54 Å². The molecule has 2 rings (SSSR count). The Bertz CT molecular complexity index is 503. The van der Waals surface area contributed by atoms with Gasteiger partial charge >= 0.3 is 0 Å². The molecule has 0 saturated heterocycles.